The Morgan fingerprint density at radius 1 is 1.15 bits per heavy atom. The van der Waals surface area contributed by atoms with E-state index in [1.165, 1.54) is 12.1 Å². The Balaban J connectivity index is 1.32. The van der Waals surface area contributed by atoms with Gasteiger partial charge < -0.3 is 19.3 Å². The Bertz CT molecular complexity index is 1290. The van der Waals surface area contributed by atoms with Crippen LogP contribution in [0.25, 0.3) is 11.4 Å². The van der Waals surface area contributed by atoms with Crippen LogP contribution < -0.4 is 14.8 Å². The average molecular weight is 451 g/mol. The Labute approximate surface area is 187 Å². The molecule has 2 amide bonds. The van der Waals surface area contributed by atoms with E-state index in [-0.39, 0.29) is 43.7 Å². The molecular weight excluding hydrogens is 433 g/mol. The molecule has 10 nitrogen and oxygen atoms in total. The van der Waals surface area contributed by atoms with Gasteiger partial charge in [-0.1, -0.05) is 11.2 Å². The van der Waals surface area contributed by atoms with Crippen molar-refractivity contribution in [2.45, 2.75) is 19.8 Å². The number of benzene rings is 2. The second-order valence-corrected chi connectivity index (χ2v) is 7.52. The Kier molecular flexibility index (Phi) is 5.21. The van der Waals surface area contributed by atoms with E-state index in [0.29, 0.717) is 28.6 Å². The molecule has 1 aromatic heterocycles. The lowest BCUT2D eigenvalue weighted by molar-refractivity contribution is -0.135. The number of anilines is 1. The number of halogens is 1. The van der Waals surface area contributed by atoms with Gasteiger partial charge >= 0.3 is 0 Å². The molecule has 11 heteroatoms. The number of rotatable bonds is 5. The first-order chi connectivity index (χ1) is 16.0. The molecule has 2 aliphatic heterocycles. The summed E-state index contributed by atoms with van der Waals surface area (Å²) in [4.78, 5) is 29.1. The molecule has 3 aromatic rings. The van der Waals surface area contributed by atoms with Crippen LogP contribution in [-0.4, -0.2) is 46.0 Å². The molecule has 0 spiro atoms. The van der Waals surface area contributed by atoms with Crippen molar-refractivity contribution in [3.63, 3.8) is 0 Å². The smallest absolute Gasteiger partial charge is 0.274 e. The minimum Gasteiger partial charge on any atom is -0.454 e. The molecule has 1 N–H and O–H groups in total. The number of amides is 2. The van der Waals surface area contributed by atoms with E-state index in [0.717, 1.165) is 10.6 Å². The van der Waals surface area contributed by atoms with E-state index in [4.69, 9.17) is 14.0 Å². The Morgan fingerprint density at radius 3 is 2.88 bits per heavy atom. The molecule has 0 unspecified atom stereocenters. The largest absolute Gasteiger partial charge is 0.454 e. The van der Waals surface area contributed by atoms with Gasteiger partial charge in [0.2, 0.25) is 24.4 Å². The summed E-state index contributed by atoms with van der Waals surface area (Å²) in [5, 5.41) is 11.7. The molecule has 5 rings (SSSR count). The fraction of sp³-hybridized carbons (Fsp3) is 0.227. The van der Waals surface area contributed by atoms with Crippen molar-refractivity contribution in [3.8, 4) is 22.9 Å². The maximum Gasteiger partial charge on any atom is 0.274 e. The maximum absolute atomic E-state index is 13.9. The summed E-state index contributed by atoms with van der Waals surface area (Å²) in [6, 6.07) is 9.64. The molecule has 0 radical (unpaired) electrons. The number of hydrogen-bond donors (Lipinski definition) is 1. The third-order valence-corrected chi connectivity index (χ3v) is 5.10. The standard InChI is InChI=1S/C22H18FN5O5/c1-12-2-4-14(23)16(8-12)24-19(29)10-28-20(30)7-5-15(26-28)22-25-21(27-33-22)13-3-6-17-18(9-13)32-11-31-17/h2-4,6,8-9H,5,7,10-11H2,1H3,(H,24,29). The van der Waals surface area contributed by atoms with Gasteiger partial charge in [-0.05, 0) is 42.8 Å². The first-order valence-corrected chi connectivity index (χ1v) is 10.1. The van der Waals surface area contributed by atoms with Gasteiger partial charge in [-0.2, -0.15) is 10.1 Å². The van der Waals surface area contributed by atoms with Gasteiger partial charge in [0.05, 0.1) is 5.69 Å². The molecule has 33 heavy (non-hydrogen) atoms. The molecule has 2 aliphatic rings. The number of fused-ring (bicyclic) bond motifs is 1. The minimum absolute atomic E-state index is 0.0407. The van der Waals surface area contributed by atoms with Crippen molar-refractivity contribution in [1.82, 2.24) is 15.1 Å². The van der Waals surface area contributed by atoms with Gasteiger partial charge in [-0.3, -0.25) is 9.59 Å². The number of aryl methyl sites for hydroxylation is 1. The van der Waals surface area contributed by atoms with E-state index in [9.17, 15) is 14.0 Å². The van der Waals surface area contributed by atoms with E-state index < -0.39 is 11.7 Å². The minimum atomic E-state index is -0.579. The number of carbonyl (C=O) groups excluding carboxylic acids is 2. The SMILES string of the molecule is Cc1ccc(F)c(NC(=O)CN2N=C(c3nc(-c4ccc5c(c4)OCO5)no3)CCC2=O)c1. The van der Waals surface area contributed by atoms with Gasteiger partial charge in [0.1, 0.15) is 18.1 Å². The third kappa shape index (κ3) is 4.25. The van der Waals surface area contributed by atoms with Crippen molar-refractivity contribution in [2.24, 2.45) is 5.10 Å². The predicted octanol–water partition coefficient (Wildman–Crippen LogP) is 2.88. The van der Waals surface area contributed by atoms with Crippen LogP contribution >= 0.6 is 0 Å². The second-order valence-electron chi connectivity index (χ2n) is 7.52. The topological polar surface area (TPSA) is 119 Å². The molecule has 0 aliphatic carbocycles. The summed E-state index contributed by atoms with van der Waals surface area (Å²) in [6.45, 7) is 1.56. The summed E-state index contributed by atoms with van der Waals surface area (Å²) in [6.07, 6.45) is 0.402. The first kappa shape index (κ1) is 20.6. The number of hydrogen-bond acceptors (Lipinski definition) is 8. The van der Waals surface area contributed by atoms with Gasteiger partial charge in [0, 0.05) is 18.4 Å². The number of nitrogens with one attached hydrogen (secondary N) is 1. The summed E-state index contributed by atoms with van der Waals surface area (Å²) in [7, 11) is 0. The molecule has 0 atom stereocenters. The number of hydrazone groups is 1. The number of carbonyl (C=O) groups is 2. The summed E-state index contributed by atoms with van der Waals surface area (Å²) < 4.78 is 29.9. The number of ether oxygens (including phenoxy) is 2. The van der Waals surface area contributed by atoms with E-state index in [1.54, 1.807) is 31.2 Å². The number of nitrogens with zero attached hydrogens (tertiary/aromatic N) is 4. The Morgan fingerprint density at radius 2 is 2.00 bits per heavy atom. The van der Waals surface area contributed by atoms with Crippen molar-refractivity contribution in [1.29, 1.82) is 0 Å². The van der Waals surface area contributed by atoms with Crippen LogP contribution in [0.1, 0.15) is 24.3 Å². The lowest BCUT2D eigenvalue weighted by atomic mass is 10.1. The van der Waals surface area contributed by atoms with E-state index in [1.807, 2.05) is 0 Å². The maximum atomic E-state index is 13.9. The van der Waals surface area contributed by atoms with Crippen LogP contribution in [0.4, 0.5) is 10.1 Å². The molecule has 0 bridgehead atoms. The summed E-state index contributed by atoms with van der Waals surface area (Å²) >= 11 is 0. The molecule has 2 aromatic carbocycles. The fourth-order valence-corrected chi connectivity index (χ4v) is 3.43. The van der Waals surface area contributed by atoms with E-state index >= 15 is 0 Å². The van der Waals surface area contributed by atoms with Crippen LogP contribution in [0.15, 0.2) is 46.0 Å². The van der Waals surface area contributed by atoms with Crippen LogP contribution in [0.3, 0.4) is 0 Å². The molecule has 0 fully saturated rings. The van der Waals surface area contributed by atoms with Crippen molar-refractivity contribution in [3.05, 3.63) is 53.7 Å². The highest BCUT2D eigenvalue weighted by Gasteiger charge is 2.27. The summed E-state index contributed by atoms with van der Waals surface area (Å²) in [5.41, 5.74) is 1.87. The Hall–Kier alpha value is -4.28. The number of aromatic nitrogens is 2. The van der Waals surface area contributed by atoms with Gasteiger partial charge in [-0.25, -0.2) is 9.40 Å². The van der Waals surface area contributed by atoms with Gasteiger partial charge in [0.15, 0.2) is 11.5 Å². The lowest BCUT2D eigenvalue weighted by Gasteiger charge is -2.21. The molecule has 168 valence electrons. The van der Waals surface area contributed by atoms with Crippen LogP contribution in [0.2, 0.25) is 0 Å². The van der Waals surface area contributed by atoms with Crippen LogP contribution in [0, 0.1) is 12.7 Å². The van der Waals surface area contributed by atoms with Crippen molar-refractivity contribution in [2.75, 3.05) is 18.7 Å². The lowest BCUT2D eigenvalue weighted by Crippen LogP contribution is -2.38. The van der Waals surface area contributed by atoms with Gasteiger partial charge in [0.25, 0.3) is 5.89 Å². The zero-order chi connectivity index (χ0) is 22.9. The zero-order valence-corrected chi connectivity index (χ0v) is 17.5. The zero-order valence-electron chi connectivity index (χ0n) is 17.5. The molecule has 0 saturated carbocycles. The molecular formula is C22H18FN5O5. The monoisotopic (exact) mass is 451 g/mol. The first-order valence-electron chi connectivity index (χ1n) is 10.1. The molecule has 3 heterocycles. The average Bonchev–Trinajstić information content (AvgIpc) is 3.47. The molecule has 0 saturated heterocycles. The van der Waals surface area contributed by atoms with Crippen molar-refractivity contribution < 1.29 is 28.0 Å². The van der Waals surface area contributed by atoms with Gasteiger partial charge in [-0.15, -0.1) is 0 Å². The van der Waals surface area contributed by atoms with Crippen LogP contribution in [0.5, 0.6) is 11.5 Å². The summed E-state index contributed by atoms with van der Waals surface area (Å²) in [5.74, 6) is 0.203. The van der Waals surface area contributed by atoms with Crippen molar-refractivity contribution >= 4 is 23.2 Å². The third-order valence-electron chi connectivity index (χ3n) is 5.10. The quantitative estimate of drug-likeness (QED) is 0.633. The van der Waals surface area contributed by atoms with Crippen LogP contribution in [-0.2, 0) is 9.59 Å². The fourth-order valence-electron chi connectivity index (χ4n) is 3.43. The normalized spacial score (nSPS) is 14.9. The predicted molar refractivity (Wildman–Crippen MR) is 113 cm³/mol. The van der Waals surface area contributed by atoms with E-state index in [2.05, 4.69) is 20.6 Å². The second kappa shape index (κ2) is 8.34. The highest BCUT2D eigenvalue weighted by atomic mass is 19.1. The highest BCUT2D eigenvalue weighted by molar-refractivity contribution is 6.02. The highest BCUT2D eigenvalue weighted by Crippen LogP contribution is 2.35.